The summed E-state index contributed by atoms with van der Waals surface area (Å²) >= 11 is 0. The van der Waals surface area contributed by atoms with E-state index in [0.717, 1.165) is 18.7 Å². The number of esters is 1. The lowest BCUT2D eigenvalue weighted by Gasteiger charge is -2.18. The molecule has 0 aromatic heterocycles. The van der Waals surface area contributed by atoms with Crippen LogP contribution in [0.2, 0.25) is 0 Å². The molecule has 1 aromatic rings. The van der Waals surface area contributed by atoms with E-state index in [1.807, 2.05) is 6.07 Å². The summed E-state index contributed by atoms with van der Waals surface area (Å²) in [5.41, 5.74) is 0.803. The molecule has 5 heteroatoms. The third kappa shape index (κ3) is 3.05. The highest BCUT2D eigenvalue weighted by Gasteiger charge is 2.22. The number of carbonyl (C=O) groups is 2. The number of hydrogen-bond acceptors (Lipinski definition) is 4. The topological polar surface area (TPSA) is 55.8 Å². The highest BCUT2D eigenvalue weighted by atomic mass is 16.6. The fourth-order valence-electron chi connectivity index (χ4n) is 2.06. The van der Waals surface area contributed by atoms with Gasteiger partial charge in [-0.15, -0.1) is 0 Å². The molecule has 1 atom stereocenters. The predicted octanol–water partition coefficient (Wildman–Crippen LogP) is 1.75. The zero-order valence-electron chi connectivity index (χ0n) is 11.1. The lowest BCUT2D eigenvalue weighted by molar-refractivity contribution is -0.147. The molecular formula is C14H17NO4. The summed E-state index contributed by atoms with van der Waals surface area (Å²) in [5, 5.41) is 0. The molecule has 1 aliphatic rings. The number of carbonyl (C=O) groups excluding carboxylic acids is 2. The third-order valence-corrected chi connectivity index (χ3v) is 3.05. The van der Waals surface area contributed by atoms with Gasteiger partial charge in [-0.3, -0.25) is 4.79 Å². The van der Waals surface area contributed by atoms with Crippen molar-refractivity contribution in [1.29, 1.82) is 0 Å². The Labute approximate surface area is 112 Å². The summed E-state index contributed by atoms with van der Waals surface area (Å²) in [4.78, 5) is 24.7. The van der Waals surface area contributed by atoms with E-state index in [-0.39, 0.29) is 5.91 Å². The van der Waals surface area contributed by atoms with Crippen LogP contribution in [-0.2, 0) is 14.3 Å². The Morgan fingerprint density at radius 3 is 2.84 bits per heavy atom. The van der Waals surface area contributed by atoms with Gasteiger partial charge in [0.05, 0.1) is 7.11 Å². The first kappa shape index (κ1) is 13.4. The second-order valence-electron chi connectivity index (χ2n) is 4.43. The summed E-state index contributed by atoms with van der Waals surface area (Å²) in [7, 11) is 1.32. The van der Waals surface area contributed by atoms with Crippen LogP contribution in [0.3, 0.4) is 0 Å². The first-order valence-electron chi connectivity index (χ1n) is 6.26. The number of nitrogens with zero attached hydrogens (tertiary/aromatic N) is 1. The van der Waals surface area contributed by atoms with Gasteiger partial charge in [-0.25, -0.2) is 4.79 Å². The number of methoxy groups -OCH3 is 1. The molecule has 5 nitrogen and oxygen atoms in total. The van der Waals surface area contributed by atoms with Crippen molar-refractivity contribution >= 4 is 17.6 Å². The van der Waals surface area contributed by atoms with Crippen molar-refractivity contribution in [3.63, 3.8) is 0 Å². The molecule has 102 valence electrons. The molecule has 0 bridgehead atoms. The molecule has 0 radical (unpaired) electrons. The zero-order chi connectivity index (χ0) is 13.8. The van der Waals surface area contributed by atoms with Gasteiger partial charge in [-0.05, 0) is 25.5 Å². The minimum Gasteiger partial charge on any atom is -0.479 e. The fourth-order valence-corrected chi connectivity index (χ4v) is 2.06. The van der Waals surface area contributed by atoms with E-state index < -0.39 is 12.1 Å². The number of anilines is 1. The SMILES string of the molecule is COC(=O)[C@H](C)Oc1cccc(N2CCCC2=O)c1. The number of rotatable bonds is 4. The maximum atomic E-state index is 11.7. The van der Waals surface area contributed by atoms with E-state index >= 15 is 0 Å². The first-order valence-corrected chi connectivity index (χ1v) is 6.26. The van der Waals surface area contributed by atoms with Crippen LogP contribution in [-0.4, -0.2) is 31.6 Å². The van der Waals surface area contributed by atoms with Gasteiger partial charge in [0.1, 0.15) is 5.75 Å². The number of amides is 1. The van der Waals surface area contributed by atoms with Crippen LogP contribution < -0.4 is 9.64 Å². The molecule has 2 rings (SSSR count). The average Bonchev–Trinajstić information content (AvgIpc) is 2.84. The molecule has 1 fully saturated rings. The molecule has 1 aromatic carbocycles. The minimum atomic E-state index is -0.672. The molecule has 1 heterocycles. The van der Waals surface area contributed by atoms with E-state index in [1.165, 1.54) is 7.11 Å². The summed E-state index contributed by atoms with van der Waals surface area (Å²) in [6.45, 7) is 2.36. The molecule has 1 aliphatic heterocycles. The standard InChI is InChI=1S/C14H17NO4/c1-10(14(17)18-2)19-12-6-3-5-11(9-12)15-8-4-7-13(15)16/h3,5-6,9-10H,4,7-8H2,1-2H3/t10-/m0/s1. The van der Waals surface area contributed by atoms with Crippen LogP contribution in [0.15, 0.2) is 24.3 Å². The van der Waals surface area contributed by atoms with Crippen LogP contribution in [0.5, 0.6) is 5.75 Å². The van der Waals surface area contributed by atoms with Crippen molar-refractivity contribution in [1.82, 2.24) is 0 Å². The largest absolute Gasteiger partial charge is 0.479 e. The Kier molecular flexibility index (Phi) is 4.04. The van der Waals surface area contributed by atoms with Crippen LogP contribution in [0.25, 0.3) is 0 Å². The van der Waals surface area contributed by atoms with Gasteiger partial charge in [0.25, 0.3) is 0 Å². The number of hydrogen-bond donors (Lipinski definition) is 0. The molecular weight excluding hydrogens is 246 g/mol. The highest BCUT2D eigenvalue weighted by molar-refractivity contribution is 5.95. The van der Waals surface area contributed by atoms with Crippen molar-refractivity contribution in [2.45, 2.75) is 25.9 Å². The van der Waals surface area contributed by atoms with E-state index in [1.54, 1.807) is 30.0 Å². The van der Waals surface area contributed by atoms with Crippen LogP contribution in [0.4, 0.5) is 5.69 Å². The van der Waals surface area contributed by atoms with Crippen molar-refractivity contribution in [2.24, 2.45) is 0 Å². The summed E-state index contributed by atoms with van der Waals surface area (Å²) < 4.78 is 10.1. The fraction of sp³-hybridized carbons (Fsp3) is 0.429. The van der Waals surface area contributed by atoms with E-state index in [4.69, 9.17) is 4.74 Å². The second-order valence-corrected chi connectivity index (χ2v) is 4.43. The molecule has 0 aliphatic carbocycles. The van der Waals surface area contributed by atoms with Gasteiger partial charge in [-0.1, -0.05) is 6.07 Å². The van der Waals surface area contributed by atoms with Crippen LogP contribution in [0, 0.1) is 0 Å². The number of ether oxygens (including phenoxy) is 2. The lowest BCUT2D eigenvalue weighted by Crippen LogP contribution is -2.26. The van der Waals surface area contributed by atoms with Crippen molar-refractivity contribution < 1.29 is 19.1 Å². The molecule has 0 unspecified atom stereocenters. The average molecular weight is 263 g/mol. The molecule has 0 saturated carbocycles. The maximum Gasteiger partial charge on any atom is 0.346 e. The molecule has 0 N–H and O–H groups in total. The number of benzene rings is 1. The highest BCUT2D eigenvalue weighted by Crippen LogP contribution is 2.25. The maximum absolute atomic E-state index is 11.7. The molecule has 1 saturated heterocycles. The van der Waals surface area contributed by atoms with Gasteiger partial charge < -0.3 is 14.4 Å². The summed E-state index contributed by atoms with van der Waals surface area (Å²) in [6.07, 6.45) is 0.793. The first-order chi connectivity index (χ1) is 9.11. The Morgan fingerprint density at radius 1 is 1.42 bits per heavy atom. The van der Waals surface area contributed by atoms with Crippen LogP contribution in [0.1, 0.15) is 19.8 Å². The molecule has 0 spiro atoms. The van der Waals surface area contributed by atoms with Crippen molar-refractivity contribution in [3.8, 4) is 5.75 Å². The van der Waals surface area contributed by atoms with Gasteiger partial charge in [0.15, 0.2) is 6.10 Å². The normalized spacial score (nSPS) is 16.3. The Morgan fingerprint density at radius 2 is 2.21 bits per heavy atom. The van der Waals surface area contributed by atoms with E-state index in [9.17, 15) is 9.59 Å². The van der Waals surface area contributed by atoms with Gasteiger partial charge in [-0.2, -0.15) is 0 Å². The van der Waals surface area contributed by atoms with Crippen molar-refractivity contribution in [2.75, 3.05) is 18.6 Å². The molecule has 19 heavy (non-hydrogen) atoms. The van der Waals surface area contributed by atoms with Crippen LogP contribution >= 0.6 is 0 Å². The Hall–Kier alpha value is -2.04. The zero-order valence-corrected chi connectivity index (χ0v) is 11.1. The Balaban J connectivity index is 2.11. The van der Waals surface area contributed by atoms with E-state index in [2.05, 4.69) is 4.74 Å². The smallest absolute Gasteiger partial charge is 0.346 e. The van der Waals surface area contributed by atoms with Gasteiger partial charge in [0.2, 0.25) is 5.91 Å². The van der Waals surface area contributed by atoms with Gasteiger partial charge >= 0.3 is 5.97 Å². The lowest BCUT2D eigenvalue weighted by atomic mass is 10.2. The van der Waals surface area contributed by atoms with Gasteiger partial charge in [0, 0.05) is 24.7 Å². The minimum absolute atomic E-state index is 0.123. The van der Waals surface area contributed by atoms with Crippen molar-refractivity contribution in [3.05, 3.63) is 24.3 Å². The summed E-state index contributed by atoms with van der Waals surface area (Å²) in [6, 6.07) is 7.19. The quantitative estimate of drug-likeness (QED) is 0.777. The predicted molar refractivity (Wildman–Crippen MR) is 70.1 cm³/mol. The molecule has 1 amide bonds. The third-order valence-electron chi connectivity index (χ3n) is 3.05. The second kappa shape index (κ2) is 5.73. The van der Waals surface area contributed by atoms with E-state index in [0.29, 0.717) is 12.2 Å². The monoisotopic (exact) mass is 263 g/mol. The summed E-state index contributed by atoms with van der Waals surface area (Å²) in [5.74, 6) is 0.246. The Bertz CT molecular complexity index is 486.